The maximum atomic E-state index is 9.96. The number of hydrogen-bond donors (Lipinski definition) is 1. The van der Waals surface area contributed by atoms with Crippen molar-refractivity contribution in [2.24, 2.45) is 0 Å². The van der Waals surface area contributed by atoms with Gasteiger partial charge in [0.05, 0.1) is 51.1 Å². The monoisotopic (exact) mass is 1090 g/mol. The minimum Gasteiger partial charge on any atom is -0.506 e. The van der Waals surface area contributed by atoms with Gasteiger partial charge >= 0.3 is 21.1 Å². The minimum atomic E-state index is -1.00. The van der Waals surface area contributed by atoms with Crippen molar-refractivity contribution in [3.63, 3.8) is 0 Å². The van der Waals surface area contributed by atoms with Crippen LogP contribution in [0.25, 0.3) is 55.0 Å². The Morgan fingerprint density at radius 2 is 0.817 bits per heavy atom. The van der Waals surface area contributed by atoms with E-state index < -0.39 is 28.3 Å². The summed E-state index contributed by atoms with van der Waals surface area (Å²) in [5.41, 5.74) is 4.27. The topological polar surface area (TPSA) is 102 Å². The lowest BCUT2D eigenvalue weighted by atomic mass is 9.49. The summed E-state index contributed by atoms with van der Waals surface area (Å²) >= 11 is 6.77. The lowest BCUT2D eigenvalue weighted by Gasteiger charge is -2.32. The Morgan fingerprint density at radius 1 is 0.451 bits per heavy atom. The van der Waals surface area contributed by atoms with Crippen LogP contribution in [0.15, 0.2) is 151 Å². The number of alkyl halides is 1. The molecule has 15 heteroatoms. The standard InChI is InChI=1S/C18H19BO3.C12H24B2O4.C12H7BrO.C12H9BrO.CH3F.CH4/c1-17(2)18(3,4)22-19(21-17)14-10-7-9-13-12-8-5-6-11-15(12)20-16(13)14;1-9(2)10(3,4)16-13(15-9)14-17-11(5,6)12(7,8)18-14;13-10-6-3-5-9-8-4-1-2-7-11(8)14-12(9)10;13-11-8-4-7-10(12(11)14)9-5-2-1-3-6-9;1-2;/h5-11H,1-4H3;1-8H3;1-7H;1-8,14H;1H3;1H4/i;;;;1D;. The molecule has 5 heterocycles. The number of hydrogen-bond acceptors (Lipinski definition) is 9. The van der Waals surface area contributed by atoms with Gasteiger partial charge < -0.3 is 41.9 Å². The van der Waals surface area contributed by atoms with Crippen molar-refractivity contribution in [2.75, 3.05) is 7.15 Å². The molecule has 0 bridgehead atoms. The van der Waals surface area contributed by atoms with Crippen LogP contribution in [0.1, 0.15) is 91.9 Å². The minimum absolute atomic E-state index is 0. The zero-order valence-electron chi connectivity index (χ0n) is 43.0. The average molecular weight is 1100 g/mol. The highest BCUT2D eigenvalue weighted by Gasteiger charge is 2.63. The van der Waals surface area contributed by atoms with E-state index in [0.29, 0.717) is 5.75 Å². The van der Waals surface area contributed by atoms with Gasteiger partial charge in [-0.05, 0) is 145 Å². The van der Waals surface area contributed by atoms with E-state index >= 15 is 0 Å². The van der Waals surface area contributed by atoms with Crippen LogP contribution in [0.3, 0.4) is 0 Å². The molecule has 11 rings (SSSR count). The van der Waals surface area contributed by atoms with Gasteiger partial charge in [0, 0.05) is 32.6 Å². The molecule has 3 aliphatic heterocycles. The fraction of sp³-hybridized carbons (Fsp3) is 0.357. The van der Waals surface area contributed by atoms with E-state index in [9.17, 15) is 9.50 Å². The van der Waals surface area contributed by atoms with Crippen LogP contribution in [0.5, 0.6) is 5.75 Å². The Kier molecular flexibility index (Phi) is 16.5. The number of aromatic hydroxyl groups is 1. The number of benzene rings is 6. The second-order valence-electron chi connectivity index (χ2n) is 20.4. The van der Waals surface area contributed by atoms with Gasteiger partial charge in [-0.15, -0.1) is 0 Å². The van der Waals surface area contributed by atoms with Crippen LogP contribution in [-0.4, -0.2) is 67.0 Å². The Labute approximate surface area is 438 Å². The van der Waals surface area contributed by atoms with Crippen molar-refractivity contribution < 1.29 is 47.6 Å². The third-order valence-corrected chi connectivity index (χ3v) is 15.4. The van der Waals surface area contributed by atoms with Crippen molar-refractivity contribution in [3.8, 4) is 16.9 Å². The summed E-state index contributed by atoms with van der Waals surface area (Å²) in [6.45, 7) is 24.5. The Bertz CT molecular complexity index is 3020. The van der Waals surface area contributed by atoms with Gasteiger partial charge in [0.1, 0.15) is 28.1 Å². The van der Waals surface area contributed by atoms with Crippen molar-refractivity contribution >= 4 is 102 Å². The highest BCUT2D eigenvalue weighted by molar-refractivity contribution is 9.11. The molecule has 9 nitrogen and oxygen atoms in total. The van der Waals surface area contributed by atoms with E-state index in [1.165, 1.54) is 5.39 Å². The summed E-state index contributed by atoms with van der Waals surface area (Å²) in [6.07, 6.45) is 0. The van der Waals surface area contributed by atoms with Crippen molar-refractivity contribution in [3.05, 3.63) is 142 Å². The van der Waals surface area contributed by atoms with Crippen LogP contribution >= 0.6 is 31.9 Å². The van der Waals surface area contributed by atoms with Gasteiger partial charge in [-0.2, -0.15) is 0 Å². The SMILES string of the molecule is Brc1cccc2c1oc1ccccc12.C.CC1(C)OB(B2OC(C)(C)C(C)(C)O2)OC1(C)C.CC1(C)OB(c2cccc3c2oc2ccccc23)OC1(C)C.Oc1c(Br)cccc1-c1ccccc1.[2H]CF. The summed E-state index contributed by atoms with van der Waals surface area (Å²) in [7, 11) is -2.36. The van der Waals surface area contributed by atoms with E-state index in [1.54, 1.807) is 0 Å². The Balaban J connectivity index is 0.000000156. The maximum absolute atomic E-state index is 9.96. The van der Waals surface area contributed by atoms with Crippen LogP contribution in [0, 0.1) is 0 Å². The zero-order chi connectivity index (χ0) is 51.7. The molecule has 2 aromatic heterocycles. The first kappa shape index (κ1) is 54.3. The van der Waals surface area contributed by atoms with Gasteiger partial charge in [-0.3, -0.25) is 4.39 Å². The molecule has 0 atom stereocenters. The molecule has 71 heavy (non-hydrogen) atoms. The van der Waals surface area contributed by atoms with Gasteiger partial charge in [-0.1, -0.05) is 117 Å². The smallest absolute Gasteiger partial charge is 0.498 e. The Hall–Kier alpha value is -4.44. The number of rotatable bonds is 3. The average Bonchev–Trinajstić information content (AvgIpc) is 4.06. The molecule has 0 spiro atoms. The molecule has 0 amide bonds. The molecule has 6 aromatic carbocycles. The fourth-order valence-electron chi connectivity index (χ4n) is 8.00. The van der Waals surface area contributed by atoms with Crippen molar-refractivity contribution in [1.29, 1.82) is 0 Å². The molecule has 3 saturated heterocycles. The van der Waals surface area contributed by atoms with Crippen molar-refractivity contribution in [2.45, 2.75) is 124 Å². The number of para-hydroxylation sites is 5. The van der Waals surface area contributed by atoms with E-state index in [-0.39, 0.29) is 41.0 Å². The third-order valence-electron chi connectivity index (χ3n) is 14.1. The summed E-state index contributed by atoms with van der Waals surface area (Å²) in [6, 6.07) is 43.8. The zero-order valence-corrected chi connectivity index (χ0v) is 45.2. The van der Waals surface area contributed by atoms with Gasteiger partial charge in [-0.25, -0.2) is 0 Å². The lowest BCUT2D eigenvalue weighted by Crippen LogP contribution is -2.41. The number of halogens is 3. The summed E-state index contributed by atoms with van der Waals surface area (Å²) in [5.74, 6) is 0.290. The highest BCUT2D eigenvalue weighted by Crippen LogP contribution is 2.44. The van der Waals surface area contributed by atoms with Gasteiger partial charge in [0.2, 0.25) is 0 Å². The first-order valence-electron chi connectivity index (χ1n) is 24.0. The quantitative estimate of drug-likeness (QED) is 0.173. The van der Waals surface area contributed by atoms with E-state index in [2.05, 4.69) is 83.8 Å². The van der Waals surface area contributed by atoms with Crippen LogP contribution in [0.4, 0.5) is 4.39 Å². The molecule has 3 fully saturated rings. The molecule has 1 N–H and O–H groups in total. The van der Waals surface area contributed by atoms with Crippen LogP contribution < -0.4 is 5.46 Å². The van der Waals surface area contributed by atoms with E-state index in [1.807, 2.05) is 165 Å². The summed E-state index contributed by atoms with van der Waals surface area (Å²) < 4.78 is 65.2. The first-order chi connectivity index (χ1) is 33.3. The van der Waals surface area contributed by atoms with Gasteiger partial charge in [0.25, 0.3) is 0 Å². The molecule has 0 saturated carbocycles. The number of furan rings is 2. The maximum Gasteiger partial charge on any atom is 0.498 e. The first-order valence-corrected chi connectivity index (χ1v) is 24.8. The molecule has 0 radical (unpaired) electrons. The highest BCUT2D eigenvalue weighted by atomic mass is 79.9. The largest absolute Gasteiger partial charge is 0.506 e. The molecule has 0 unspecified atom stereocenters. The second kappa shape index (κ2) is 21.6. The number of phenols is 1. The van der Waals surface area contributed by atoms with Crippen LogP contribution in [0.2, 0.25) is 0 Å². The second-order valence-corrected chi connectivity index (χ2v) is 22.1. The Morgan fingerprint density at radius 3 is 1.31 bits per heavy atom. The number of phenolic OH excluding ortho intramolecular Hbond substituents is 1. The summed E-state index contributed by atoms with van der Waals surface area (Å²) in [4.78, 5) is 0. The lowest BCUT2D eigenvalue weighted by molar-refractivity contribution is 0.00578. The van der Waals surface area contributed by atoms with Crippen molar-refractivity contribution in [1.82, 2.24) is 0 Å². The fourth-order valence-corrected chi connectivity index (χ4v) is 8.82. The van der Waals surface area contributed by atoms with Gasteiger partial charge in [0.15, 0.2) is 0 Å². The molecule has 0 aliphatic carbocycles. The van der Waals surface area contributed by atoms with Crippen LogP contribution in [-0.2, 0) is 27.9 Å². The molecular weight excluding hydrogens is 1030 g/mol. The molecule has 3 aliphatic rings. The normalized spacial score (nSPS) is 18.8. The predicted octanol–water partition coefficient (Wildman–Crippen LogP) is 15.5. The molecule has 374 valence electrons. The van der Waals surface area contributed by atoms with E-state index in [0.717, 1.165) is 64.0 Å². The molecule has 8 aromatic rings. The van der Waals surface area contributed by atoms with E-state index in [4.69, 9.17) is 38.1 Å². The predicted molar refractivity (Wildman–Crippen MR) is 298 cm³/mol. The summed E-state index contributed by atoms with van der Waals surface area (Å²) in [5, 5.41) is 14.4. The number of fused-ring (bicyclic) bond motifs is 6. The third kappa shape index (κ3) is 11.4. The molecular formula is C56H66B3Br2FO9.